The van der Waals surface area contributed by atoms with Crippen LogP contribution < -0.4 is 10.4 Å². The second kappa shape index (κ2) is 12.1. The summed E-state index contributed by atoms with van der Waals surface area (Å²) >= 11 is 6.26. The van der Waals surface area contributed by atoms with E-state index in [1.165, 1.54) is 4.90 Å². The van der Waals surface area contributed by atoms with E-state index in [0.29, 0.717) is 41.3 Å². The highest BCUT2D eigenvalue weighted by molar-refractivity contribution is 6.31. The molecule has 1 heterocycles. The molecule has 0 fully saturated rings. The van der Waals surface area contributed by atoms with Crippen LogP contribution in [0.4, 0.5) is 5.69 Å². The Morgan fingerprint density at radius 1 is 0.846 bits per heavy atom. The van der Waals surface area contributed by atoms with E-state index in [9.17, 15) is 14.7 Å². The van der Waals surface area contributed by atoms with Crippen molar-refractivity contribution in [3.8, 4) is 0 Å². The van der Waals surface area contributed by atoms with Gasteiger partial charge in [-0.2, -0.15) is 0 Å². The van der Waals surface area contributed by atoms with Gasteiger partial charge >= 0.3 is 0 Å². The number of hydrogen-bond acceptors (Lipinski definition) is 5. The molecule has 1 aliphatic heterocycles. The lowest BCUT2D eigenvalue weighted by molar-refractivity contribution is 0.00120. The number of nitrogens with zero attached hydrogens (tertiary/aromatic N) is 2. The highest BCUT2D eigenvalue weighted by Crippen LogP contribution is 2.34. The number of carbonyl (C=O) groups is 2. The van der Waals surface area contributed by atoms with Crippen molar-refractivity contribution in [3.05, 3.63) is 136 Å². The fraction of sp³-hybridized carbons (Fsp3) is 0.161. The molecule has 0 radical (unpaired) electrons. The number of hydrogen-bond donors (Lipinski definition) is 2. The number of rotatable bonds is 9. The van der Waals surface area contributed by atoms with Gasteiger partial charge in [0.2, 0.25) is 6.35 Å². The number of amides is 2. The number of halogens is 1. The first-order valence-corrected chi connectivity index (χ1v) is 13.0. The van der Waals surface area contributed by atoms with E-state index in [0.717, 1.165) is 16.7 Å². The van der Waals surface area contributed by atoms with Gasteiger partial charge in [-0.25, -0.2) is 5.48 Å². The zero-order valence-corrected chi connectivity index (χ0v) is 21.9. The Balaban J connectivity index is 1.28. The molecule has 1 atom stereocenters. The molecule has 5 rings (SSSR count). The van der Waals surface area contributed by atoms with Gasteiger partial charge in [0.15, 0.2) is 0 Å². The van der Waals surface area contributed by atoms with Crippen molar-refractivity contribution >= 4 is 29.1 Å². The molecule has 0 saturated heterocycles. The molecule has 2 N–H and O–H groups in total. The Bertz CT molecular complexity index is 1430. The van der Waals surface area contributed by atoms with Gasteiger partial charge < -0.3 is 10.0 Å². The Morgan fingerprint density at radius 2 is 1.51 bits per heavy atom. The molecule has 0 saturated carbocycles. The number of anilines is 1. The largest absolute Gasteiger partial charge is 0.356 e. The number of nitrogens with one attached hydrogen (secondary N) is 1. The van der Waals surface area contributed by atoms with Crippen LogP contribution in [0.25, 0.3) is 0 Å². The molecule has 0 aliphatic carbocycles. The predicted octanol–water partition coefficient (Wildman–Crippen LogP) is 5.18. The minimum Gasteiger partial charge on any atom is -0.356 e. The summed E-state index contributed by atoms with van der Waals surface area (Å²) in [5.41, 5.74) is 6.81. The fourth-order valence-electron chi connectivity index (χ4n) is 4.53. The molecule has 1 aliphatic rings. The maximum Gasteiger partial charge on any atom is 0.274 e. The van der Waals surface area contributed by atoms with Crippen LogP contribution in [0.3, 0.4) is 0 Å². The molecule has 0 aromatic heterocycles. The summed E-state index contributed by atoms with van der Waals surface area (Å²) in [5, 5.41) is 11.8. The van der Waals surface area contributed by atoms with Crippen LogP contribution in [0, 0.1) is 0 Å². The SMILES string of the molecule is O=C(NOCc1ccccc1)c1ccc(CN2c3cc(Cl)ccc3C(=O)N(CCc3ccccc3)C2O)cc1. The smallest absolute Gasteiger partial charge is 0.274 e. The zero-order chi connectivity index (χ0) is 27.2. The van der Waals surface area contributed by atoms with Gasteiger partial charge in [-0.3, -0.25) is 19.3 Å². The Hall–Kier alpha value is -4.17. The maximum absolute atomic E-state index is 13.3. The van der Waals surface area contributed by atoms with Crippen molar-refractivity contribution < 1.29 is 19.5 Å². The number of fused-ring (bicyclic) bond motifs is 1. The van der Waals surface area contributed by atoms with Gasteiger partial charge in [-0.05, 0) is 53.4 Å². The summed E-state index contributed by atoms with van der Waals surface area (Å²) in [6.07, 6.45) is -0.571. The highest BCUT2D eigenvalue weighted by atomic mass is 35.5. The average Bonchev–Trinajstić information content (AvgIpc) is 2.96. The summed E-state index contributed by atoms with van der Waals surface area (Å²) < 4.78 is 0. The lowest BCUT2D eigenvalue weighted by Crippen LogP contribution is -2.55. The number of aliphatic hydroxyl groups excluding tert-OH is 1. The first kappa shape index (κ1) is 26.4. The maximum atomic E-state index is 13.3. The van der Waals surface area contributed by atoms with Gasteiger partial charge in [0, 0.05) is 23.7 Å². The second-order valence-electron chi connectivity index (χ2n) is 9.27. The quantitative estimate of drug-likeness (QED) is 0.285. The molecule has 198 valence electrons. The van der Waals surface area contributed by atoms with Crippen LogP contribution in [0.2, 0.25) is 5.02 Å². The van der Waals surface area contributed by atoms with Gasteiger partial charge in [0.05, 0.1) is 17.9 Å². The third-order valence-corrected chi connectivity index (χ3v) is 6.85. The zero-order valence-electron chi connectivity index (χ0n) is 21.2. The van der Waals surface area contributed by atoms with Crippen LogP contribution in [-0.4, -0.2) is 34.7 Å². The van der Waals surface area contributed by atoms with Crippen molar-refractivity contribution in [3.63, 3.8) is 0 Å². The molecule has 4 aromatic carbocycles. The lowest BCUT2D eigenvalue weighted by Gasteiger charge is -2.42. The van der Waals surface area contributed by atoms with Crippen molar-refractivity contribution in [1.82, 2.24) is 10.4 Å². The third-order valence-electron chi connectivity index (χ3n) is 6.62. The van der Waals surface area contributed by atoms with Crippen LogP contribution in [0.15, 0.2) is 103 Å². The molecule has 4 aromatic rings. The Labute approximate surface area is 232 Å². The van der Waals surface area contributed by atoms with E-state index in [4.69, 9.17) is 16.4 Å². The number of benzene rings is 4. The standard InChI is InChI=1S/C31H28ClN3O4/c32-26-15-16-27-28(19-26)35(31(38)34(30(27)37)18-17-22-7-3-1-4-8-22)20-23-11-13-25(14-12-23)29(36)33-39-21-24-9-5-2-6-10-24/h1-16,19,31,38H,17-18,20-21H2,(H,33,36). The van der Waals surface area contributed by atoms with Gasteiger partial charge in [0.25, 0.3) is 11.8 Å². The van der Waals surface area contributed by atoms with Crippen LogP contribution in [0.5, 0.6) is 0 Å². The van der Waals surface area contributed by atoms with E-state index < -0.39 is 6.35 Å². The van der Waals surface area contributed by atoms with Crippen molar-refractivity contribution in [2.45, 2.75) is 25.9 Å². The number of carbonyl (C=O) groups excluding carboxylic acids is 2. The number of aliphatic hydroxyl groups is 1. The molecule has 0 spiro atoms. The molecule has 2 amide bonds. The van der Waals surface area contributed by atoms with E-state index in [2.05, 4.69) is 5.48 Å². The first-order valence-electron chi connectivity index (χ1n) is 12.6. The second-order valence-corrected chi connectivity index (χ2v) is 9.71. The average molecular weight is 542 g/mol. The van der Waals surface area contributed by atoms with Crippen molar-refractivity contribution in [2.24, 2.45) is 0 Å². The molecule has 39 heavy (non-hydrogen) atoms. The Kier molecular flexibility index (Phi) is 8.22. The van der Waals surface area contributed by atoms with E-state index >= 15 is 0 Å². The Morgan fingerprint density at radius 3 is 2.21 bits per heavy atom. The normalized spacial score (nSPS) is 14.7. The molecule has 7 nitrogen and oxygen atoms in total. The number of hydroxylamine groups is 1. The van der Waals surface area contributed by atoms with Crippen LogP contribution >= 0.6 is 11.6 Å². The molecular formula is C31H28ClN3O4. The third kappa shape index (κ3) is 6.29. The molecule has 1 unspecified atom stereocenters. The van der Waals surface area contributed by atoms with Crippen LogP contribution in [-0.2, 0) is 24.4 Å². The van der Waals surface area contributed by atoms with E-state index in [-0.39, 0.29) is 18.4 Å². The van der Waals surface area contributed by atoms with Gasteiger partial charge in [-0.15, -0.1) is 0 Å². The summed E-state index contributed by atoms with van der Waals surface area (Å²) in [7, 11) is 0. The first-order chi connectivity index (χ1) is 19.0. The monoisotopic (exact) mass is 541 g/mol. The fourth-order valence-corrected chi connectivity index (χ4v) is 4.70. The van der Waals surface area contributed by atoms with Gasteiger partial charge in [0.1, 0.15) is 0 Å². The minimum absolute atomic E-state index is 0.246. The van der Waals surface area contributed by atoms with E-state index in [1.54, 1.807) is 35.2 Å². The molecule has 8 heteroatoms. The summed E-state index contributed by atoms with van der Waals surface area (Å²) in [6, 6.07) is 31.5. The summed E-state index contributed by atoms with van der Waals surface area (Å²) in [4.78, 5) is 34.4. The minimum atomic E-state index is -1.18. The highest BCUT2D eigenvalue weighted by Gasteiger charge is 2.36. The van der Waals surface area contributed by atoms with Gasteiger partial charge in [-0.1, -0.05) is 84.4 Å². The lowest BCUT2D eigenvalue weighted by atomic mass is 10.0. The molecule has 0 bridgehead atoms. The van der Waals surface area contributed by atoms with Crippen LogP contribution in [0.1, 0.15) is 37.4 Å². The molecular weight excluding hydrogens is 514 g/mol. The predicted molar refractivity (Wildman–Crippen MR) is 150 cm³/mol. The van der Waals surface area contributed by atoms with Crippen molar-refractivity contribution in [1.29, 1.82) is 0 Å². The topological polar surface area (TPSA) is 82.1 Å². The van der Waals surface area contributed by atoms with E-state index in [1.807, 2.05) is 72.8 Å². The van der Waals surface area contributed by atoms with Crippen molar-refractivity contribution in [2.75, 3.05) is 11.4 Å². The summed E-state index contributed by atoms with van der Waals surface area (Å²) in [6.45, 7) is 0.916. The summed E-state index contributed by atoms with van der Waals surface area (Å²) in [5.74, 6) is -0.603.